The van der Waals surface area contributed by atoms with Gasteiger partial charge in [0.2, 0.25) is 0 Å². The summed E-state index contributed by atoms with van der Waals surface area (Å²) in [5, 5.41) is 12.2. The van der Waals surface area contributed by atoms with E-state index in [1.807, 2.05) is 71.6 Å². The number of piperazine rings is 1. The molecule has 7 nitrogen and oxygen atoms in total. The highest BCUT2D eigenvalue weighted by molar-refractivity contribution is 6.30. The topological polar surface area (TPSA) is 74.9 Å². The third kappa shape index (κ3) is 6.77. The van der Waals surface area contributed by atoms with Crippen LogP contribution in [0, 0.1) is 5.92 Å². The molecule has 0 bridgehead atoms. The van der Waals surface area contributed by atoms with Crippen molar-refractivity contribution in [3.05, 3.63) is 93.5 Å². The fourth-order valence-corrected chi connectivity index (χ4v) is 5.63. The van der Waals surface area contributed by atoms with Crippen LogP contribution in [0.3, 0.4) is 0 Å². The maximum atomic E-state index is 14.7. The molecule has 0 saturated carbocycles. The van der Waals surface area contributed by atoms with Crippen LogP contribution in [0.25, 0.3) is 0 Å². The van der Waals surface area contributed by atoms with Crippen LogP contribution in [0.2, 0.25) is 10.0 Å². The summed E-state index contributed by atoms with van der Waals surface area (Å²) in [6, 6.07) is 20.6. The monoisotopic (exact) mass is 618 g/mol. The van der Waals surface area contributed by atoms with Gasteiger partial charge < -0.3 is 19.7 Å². The number of halogens is 3. The highest BCUT2D eigenvalue weighted by Crippen LogP contribution is 2.45. The smallest absolute Gasteiger partial charge is 0.262 e. The Bertz CT molecular complexity index is 1260. The van der Waals surface area contributed by atoms with Gasteiger partial charge in [0.1, 0.15) is 11.5 Å². The molecule has 0 radical (unpaired) electrons. The number of ether oxygens (including phenoxy) is 2. The molecule has 2 aliphatic heterocycles. The Balaban J connectivity index is 0.00000387. The van der Waals surface area contributed by atoms with E-state index in [2.05, 4.69) is 29.8 Å². The lowest BCUT2D eigenvalue weighted by molar-refractivity contribution is -0.140. The van der Waals surface area contributed by atoms with Crippen molar-refractivity contribution >= 4 is 41.5 Å². The molecule has 0 aliphatic carbocycles. The second-order valence-electron chi connectivity index (χ2n) is 10.7. The number of hydrogen-bond donors (Lipinski definition) is 3. The van der Waals surface area contributed by atoms with Crippen LogP contribution >= 0.6 is 35.6 Å². The van der Waals surface area contributed by atoms with Crippen molar-refractivity contribution in [3.63, 3.8) is 0 Å². The molecule has 0 spiro atoms. The molecule has 0 aromatic heterocycles. The standard InChI is InChI=1S/C31H36Cl2N4O3.ClH/c1-20(2)19-40-27-18-25(39-3)12-13-26(27)31(30(38)37-16-14-34-15-17-37)35-28(21-4-8-23(32)9-5-21)29(36-31)22-6-10-24(33)11-7-22;/h4-13,18,20,28-29,34-36H,14-17,19H2,1-3H3;1H. The van der Waals surface area contributed by atoms with Gasteiger partial charge >= 0.3 is 0 Å². The van der Waals surface area contributed by atoms with E-state index in [9.17, 15) is 4.79 Å². The summed E-state index contributed by atoms with van der Waals surface area (Å²) >= 11 is 12.5. The number of nitrogens with zero attached hydrogens (tertiary/aromatic N) is 1. The van der Waals surface area contributed by atoms with E-state index in [1.165, 1.54) is 0 Å². The lowest BCUT2D eigenvalue weighted by Crippen LogP contribution is -2.61. The summed E-state index contributed by atoms with van der Waals surface area (Å²) in [4.78, 5) is 16.6. The van der Waals surface area contributed by atoms with Gasteiger partial charge in [0.25, 0.3) is 5.91 Å². The third-order valence-electron chi connectivity index (χ3n) is 7.43. The van der Waals surface area contributed by atoms with Gasteiger partial charge in [0.05, 0.1) is 25.8 Å². The van der Waals surface area contributed by atoms with Gasteiger partial charge in [-0.1, -0.05) is 61.3 Å². The molecule has 2 fully saturated rings. The SMILES string of the molecule is COc1ccc(C2(C(=O)N3CCNCC3)NC(c3ccc(Cl)cc3)C(c3ccc(Cl)cc3)N2)c(OCC(C)C)c1.Cl. The van der Waals surface area contributed by atoms with Crippen LogP contribution in [0.5, 0.6) is 11.5 Å². The van der Waals surface area contributed by atoms with Crippen molar-refractivity contribution in [1.82, 2.24) is 20.9 Å². The Morgan fingerprint density at radius 1 is 0.927 bits per heavy atom. The first-order valence-electron chi connectivity index (χ1n) is 13.7. The van der Waals surface area contributed by atoms with Crippen molar-refractivity contribution in [3.8, 4) is 11.5 Å². The van der Waals surface area contributed by atoms with E-state index < -0.39 is 5.66 Å². The average Bonchev–Trinajstić information content (AvgIpc) is 3.38. The van der Waals surface area contributed by atoms with Crippen molar-refractivity contribution in [1.29, 1.82) is 0 Å². The minimum Gasteiger partial charge on any atom is -0.497 e. The minimum absolute atomic E-state index is 0. The van der Waals surface area contributed by atoms with Crippen LogP contribution in [0.15, 0.2) is 66.7 Å². The third-order valence-corrected chi connectivity index (χ3v) is 7.93. The average molecular weight is 620 g/mol. The molecule has 1 amide bonds. The van der Waals surface area contributed by atoms with Crippen LogP contribution in [0.1, 0.15) is 42.6 Å². The Kier molecular flexibility index (Phi) is 10.4. The Hall–Kier alpha value is -2.52. The van der Waals surface area contributed by atoms with Gasteiger partial charge in [-0.15, -0.1) is 12.4 Å². The number of nitrogens with one attached hydrogen (secondary N) is 3. The predicted octanol–water partition coefficient (Wildman–Crippen LogP) is 5.72. The first-order valence-corrected chi connectivity index (χ1v) is 14.4. The summed E-state index contributed by atoms with van der Waals surface area (Å²) in [5.41, 5.74) is 1.45. The first kappa shape index (κ1) is 31.4. The summed E-state index contributed by atoms with van der Waals surface area (Å²) in [6.45, 7) is 7.39. The molecule has 5 rings (SSSR count). The van der Waals surface area contributed by atoms with Gasteiger partial charge in [-0.2, -0.15) is 0 Å². The Morgan fingerprint density at radius 2 is 1.46 bits per heavy atom. The molecule has 2 atom stereocenters. The maximum Gasteiger partial charge on any atom is 0.262 e. The fourth-order valence-electron chi connectivity index (χ4n) is 5.38. The molecule has 2 saturated heterocycles. The lowest BCUT2D eigenvalue weighted by Gasteiger charge is -2.38. The highest BCUT2D eigenvalue weighted by Gasteiger charge is 2.54. The van der Waals surface area contributed by atoms with Gasteiger partial charge in [0, 0.05) is 47.9 Å². The van der Waals surface area contributed by atoms with E-state index in [0.29, 0.717) is 52.7 Å². The number of carbonyl (C=O) groups excluding carboxylic acids is 1. The fraction of sp³-hybridized carbons (Fsp3) is 0.387. The van der Waals surface area contributed by atoms with Gasteiger partial charge in [0.15, 0.2) is 5.66 Å². The molecule has 2 aliphatic rings. The molecule has 2 heterocycles. The molecule has 2 unspecified atom stereocenters. The van der Waals surface area contributed by atoms with Crippen molar-refractivity contribution < 1.29 is 14.3 Å². The van der Waals surface area contributed by atoms with Gasteiger partial charge in [-0.25, -0.2) is 0 Å². The number of rotatable bonds is 8. The summed E-state index contributed by atoms with van der Waals surface area (Å²) in [5.74, 6) is 1.51. The predicted molar refractivity (Wildman–Crippen MR) is 166 cm³/mol. The molecule has 3 N–H and O–H groups in total. The second kappa shape index (κ2) is 13.6. The van der Waals surface area contributed by atoms with Crippen LogP contribution in [-0.4, -0.2) is 50.7 Å². The molecule has 10 heteroatoms. The molecule has 41 heavy (non-hydrogen) atoms. The zero-order valence-corrected chi connectivity index (χ0v) is 25.8. The largest absolute Gasteiger partial charge is 0.497 e. The lowest BCUT2D eigenvalue weighted by atomic mass is 9.95. The molecule has 220 valence electrons. The van der Waals surface area contributed by atoms with Crippen molar-refractivity contribution in [2.75, 3.05) is 39.9 Å². The summed E-state index contributed by atoms with van der Waals surface area (Å²) in [7, 11) is 1.63. The van der Waals surface area contributed by atoms with E-state index >= 15 is 0 Å². The number of methoxy groups -OCH3 is 1. The zero-order valence-electron chi connectivity index (χ0n) is 23.5. The maximum absolute atomic E-state index is 14.7. The quantitative estimate of drug-likeness (QED) is 0.300. The van der Waals surface area contributed by atoms with Crippen molar-refractivity contribution in [2.24, 2.45) is 5.92 Å². The van der Waals surface area contributed by atoms with E-state index in [4.69, 9.17) is 32.7 Å². The molecule has 3 aromatic rings. The van der Waals surface area contributed by atoms with E-state index in [0.717, 1.165) is 24.2 Å². The second-order valence-corrected chi connectivity index (χ2v) is 11.6. The van der Waals surface area contributed by atoms with Crippen LogP contribution in [-0.2, 0) is 10.5 Å². The molecular weight excluding hydrogens is 583 g/mol. The Morgan fingerprint density at radius 3 is 1.95 bits per heavy atom. The number of amides is 1. The highest BCUT2D eigenvalue weighted by atomic mass is 35.5. The summed E-state index contributed by atoms with van der Waals surface area (Å²) in [6.07, 6.45) is 0. The summed E-state index contributed by atoms with van der Waals surface area (Å²) < 4.78 is 11.9. The van der Waals surface area contributed by atoms with Crippen LogP contribution < -0.4 is 25.4 Å². The van der Waals surface area contributed by atoms with E-state index in [-0.39, 0.29) is 30.4 Å². The Labute approximate surface area is 258 Å². The zero-order chi connectivity index (χ0) is 28.3. The first-order chi connectivity index (χ1) is 19.3. The number of carbonyl (C=O) groups is 1. The van der Waals surface area contributed by atoms with Gasteiger partial charge in [-0.3, -0.25) is 15.4 Å². The van der Waals surface area contributed by atoms with Crippen LogP contribution in [0.4, 0.5) is 0 Å². The number of benzene rings is 3. The normalized spacial score (nSPS) is 22.3. The molecule has 3 aromatic carbocycles. The number of hydrogen-bond acceptors (Lipinski definition) is 6. The van der Waals surface area contributed by atoms with E-state index in [1.54, 1.807) is 7.11 Å². The minimum atomic E-state index is -1.27. The van der Waals surface area contributed by atoms with Gasteiger partial charge in [-0.05, 0) is 53.4 Å². The van der Waals surface area contributed by atoms with Crippen molar-refractivity contribution in [2.45, 2.75) is 31.6 Å². The molecular formula is C31H37Cl3N4O3.